The van der Waals surface area contributed by atoms with Gasteiger partial charge in [-0.25, -0.2) is 9.97 Å². The third kappa shape index (κ3) is 3.43. The van der Waals surface area contributed by atoms with E-state index in [1.165, 1.54) is 0 Å². The summed E-state index contributed by atoms with van der Waals surface area (Å²) in [5.41, 5.74) is 1.98. The zero-order valence-corrected chi connectivity index (χ0v) is 12.7. The second-order valence-electron chi connectivity index (χ2n) is 4.66. The van der Waals surface area contributed by atoms with Crippen LogP contribution in [0.3, 0.4) is 0 Å². The molecule has 1 heterocycles. The molecule has 0 aliphatic heterocycles. The summed E-state index contributed by atoms with van der Waals surface area (Å²) in [4.78, 5) is 8.76. The molecule has 0 unspecified atom stereocenters. The number of aromatic nitrogens is 2. The molecule has 2 aromatic carbocycles. The van der Waals surface area contributed by atoms with Crippen LogP contribution in [0.1, 0.15) is 5.56 Å². The normalized spacial score (nSPS) is 10.8. The zero-order chi connectivity index (χ0) is 14.7. The first-order chi connectivity index (χ1) is 10.2. The van der Waals surface area contributed by atoms with Crippen LogP contribution in [0.4, 0.5) is 5.95 Å². The Morgan fingerprint density at radius 1 is 1.05 bits per heavy atom. The lowest BCUT2D eigenvalue weighted by atomic mass is 10.1. The van der Waals surface area contributed by atoms with Crippen molar-refractivity contribution in [2.45, 2.75) is 6.42 Å². The number of hydrogen-bond donors (Lipinski definition) is 1. The molecule has 0 saturated carbocycles. The Hall–Kier alpha value is -1.84. The van der Waals surface area contributed by atoms with Crippen LogP contribution in [0.5, 0.6) is 0 Å². The number of fused-ring (bicyclic) bond motifs is 1. The summed E-state index contributed by atoms with van der Waals surface area (Å²) in [6.07, 6.45) is 2.60. The van der Waals surface area contributed by atoms with Crippen LogP contribution < -0.4 is 5.32 Å². The molecule has 0 aliphatic rings. The van der Waals surface area contributed by atoms with E-state index < -0.39 is 0 Å². The Balaban J connectivity index is 1.66. The first-order valence-corrected chi connectivity index (χ1v) is 7.37. The number of rotatable bonds is 4. The molecule has 1 aromatic heterocycles. The van der Waals surface area contributed by atoms with Gasteiger partial charge in [-0.2, -0.15) is 0 Å². The molecule has 3 nitrogen and oxygen atoms in total. The van der Waals surface area contributed by atoms with E-state index in [9.17, 15) is 0 Å². The van der Waals surface area contributed by atoms with Gasteiger partial charge < -0.3 is 5.32 Å². The summed E-state index contributed by atoms with van der Waals surface area (Å²) in [5, 5.41) is 5.58. The number of benzene rings is 2. The molecule has 0 atom stereocenters. The highest BCUT2D eigenvalue weighted by atomic mass is 35.5. The largest absolute Gasteiger partial charge is 0.354 e. The molecule has 106 valence electrons. The molecule has 0 aliphatic carbocycles. The van der Waals surface area contributed by atoms with Crippen molar-refractivity contribution in [1.29, 1.82) is 0 Å². The number of halogens is 2. The minimum atomic E-state index is 0.624. The molecule has 0 spiro atoms. The van der Waals surface area contributed by atoms with Crippen molar-refractivity contribution in [2.24, 2.45) is 0 Å². The second kappa shape index (κ2) is 6.29. The predicted molar refractivity (Wildman–Crippen MR) is 88.2 cm³/mol. The SMILES string of the molecule is Clc1ccc(CCNc2ncc3ccccc3n2)c(Cl)c1. The summed E-state index contributed by atoms with van der Waals surface area (Å²) in [6, 6.07) is 13.4. The molecule has 3 aromatic rings. The van der Waals surface area contributed by atoms with Gasteiger partial charge in [0.1, 0.15) is 0 Å². The molecule has 0 radical (unpaired) electrons. The highest BCUT2D eigenvalue weighted by Crippen LogP contribution is 2.21. The van der Waals surface area contributed by atoms with Gasteiger partial charge in [0.25, 0.3) is 0 Å². The van der Waals surface area contributed by atoms with Crippen molar-refractivity contribution in [1.82, 2.24) is 9.97 Å². The lowest BCUT2D eigenvalue weighted by Crippen LogP contribution is -2.08. The van der Waals surface area contributed by atoms with Crippen LogP contribution in [0.25, 0.3) is 10.9 Å². The van der Waals surface area contributed by atoms with Crippen molar-refractivity contribution < 1.29 is 0 Å². The Morgan fingerprint density at radius 3 is 2.76 bits per heavy atom. The first kappa shape index (κ1) is 14.1. The maximum atomic E-state index is 6.15. The summed E-state index contributed by atoms with van der Waals surface area (Å²) in [7, 11) is 0. The number of nitrogens with zero attached hydrogens (tertiary/aromatic N) is 2. The molecule has 0 fully saturated rings. The van der Waals surface area contributed by atoms with Gasteiger partial charge in [0.15, 0.2) is 0 Å². The smallest absolute Gasteiger partial charge is 0.223 e. The molecule has 0 saturated heterocycles. The van der Waals surface area contributed by atoms with Crippen LogP contribution in [0, 0.1) is 0 Å². The number of anilines is 1. The molecule has 5 heteroatoms. The topological polar surface area (TPSA) is 37.8 Å². The van der Waals surface area contributed by atoms with Crippen LogP contribution >= 0.6 is 23.2 Å². The Kier molecular flexibility index (Phi) is 4.23. The third-order valence-corrected chi connectivity index (χ3v) is 3.77. The van der Waals surface area contributed by atoms with E-state index in [2.05, 4.69) is 15.3 Å². The highest BCUT2D eigenvalue weighted by molar-refractivity contribution is 6.35. The standard InChI is InChI=1S/C16H13Cl2N3/c17-13-6-5-11(14(18)9-13)7-8-19-16-20-10-12-3-1-2-4-15(12)21-16/h1-6,9-10H,7-8H2,(H,19,20,21). The van der Waals surface area contributed by atoms with Gasteiger partial charge >= 0.3 is 0 Å². The number of nitrogens with one attached hydrogen (secondary N) is 1. The fraction of sp³-hybridized carbons (Fsp3) is 0.125. The van der Waals surface area contributed by atoms with Gasteiger partial charge in [0.05, 0.1) is 5.52 Å². The van der Waals surface area contributed by atoms with E-state index in [4.69, 9.17) is 23.2 Å². The lowest BCUT2D eigenvalue weighted by Gasteiger charge is -2.07. The Morgan fingerprint density at radius 2 is 1.90 bits per heavy atom. The van der Waals surface area contributed by atoms with Gasteiger partial charge in [0.2, 0.25) is 5.95 Å². The molecule has 0 bridgehead atoms. The van der Waals surface area contributed by atoms with Gasteiger partial charge in [-0.15, -0.1) is 0 Å². The predicted octanol–water partition coefficient (Wildman–Crippen LogP) is 4.59. The minimum Gasteiger partial charge on any atom is -0.354 e. The third-order valence-electron chi connectivity index (χ3n) is 3.18. The molecular weight excluding hydrogens is 305 g/mol. The highest BCUT2D eigenvalue weighted by Gasteiger charge is 2.02. The quantitative estimate of drug-likeness (QED) is 0.764. The fourth-order valence-electron chi connectivity index (χ4n) is 2.09. The van der Waals surface area contributed by atoms with Crippen LogP contribution in [0.15, 0.2) is 48.7 Å². The van der Waals surface area contributed by atoms with Crippen molar-refractivity contribution >= 4 is 40.1 Å². The Bertz CT molecular complexity index is 774. The van der Waals surface area contributed by atoms with Gasteiger partial charge in [-0.3, -0.25) is 0 Å². The summed E-state index contributed by atoms with van der Waals surface area (Å²) in [5.74, 6) is 0.624. The average molecular weight is 318 g/mol. The lowest BCUT2D eigenvalue weighted by molar-refractivity contribution is 0.991. The van der Waals surface area contributed by atoms with Crippen molar-refractivity contribution in [3.05, 3.63) is 64.3 Å². The monoisotopic (exact) mass is 317 g/mol. The number of hydrogen-bond acceptors (Lipinski definition) is 3. The van der Waals surface area contributed by atoms with Crippen molar-refractivity contribution in [3.63, 3.8) is 0 Å². The molecule has 3 rings (SSSR count). The van der Waals surface area contributed by atoms with Gasteiger partial charge in [-0.05, 0) is 30.2 Å². The number of para-hydroxylation sites is 1. The zero-order valence-electron chi connectivity index (χ0n) is 11.2. The van der Waals surface area contributed by atoms with Crippen molar-refractivity contribution in [2.75, 3.05) is 11.9 Å². The summed E-state index contributed by atoms with van der Waals surface area (Å²) >= 11 is 12.0. The van der Waals surface area contributed by atoms with Gasteiger partial charge in [-0.1, -0.05) is 47.5 Å². The summed E-state index contributed by atoms with van der Waals surface area (Å²) < 4.78 is 0. The van der Waals surface area contributed by atoms with Crippen LogP contribution in [-0.4, -0.2) is 16.5 Å². The molecule has 0 amide bonds. The van der Waals surface area contributed by atoms with E-state index >= 15 is 0 Å². The van der Waals surface area contributed by atoms with Crippen molar-refractivity contribution in [3.8, 4) is 0 Å². The fourth-order valence-corrected chi connectivity index (χ4v) is 2.59. The van der Waals surface area contributed by atoms with E-state index in [1.54, 1.807) is 6.07 Å². The first-order valence-electron chi connectivity index (χ1n) is 6.62. The minimum absolute atomic E-state index is 0.624. The van der Waals surface area contributed by atoms with E-state index in [1.807, 2.05) is 42.6 Å². The maximum Gasteiger partial charge on any atom is 0.223 e. The second-order valence-corrected chi connectivity index (χ2v) is 5.51. The molecule has 21 heavy (non-hydrogen) atoms. The van der Waals surface area contributed by atoms with E-state index in [-0.39, 0.29) is 0 Å². The Labute approximate surface area is 132 Å². The van der Waals surface area contributed by atoms with Crippen LogP contribution in [-0.2, 0) is 6.42 Å². The average Bonchev–Trinajstić information content (AvgIpc) is 2.49. The summed E-state index contributed by atoms with van der Waals surface area (Å²) in [6.45, 7) is 0.708. The maximum absolute atomic E-state index is 6.15. The molecular formula is C16H13Cl2N3. The van der Waals surface area contributed by atoms with E-state index in [0.717, 1.165) is 22.9 Å². The van der Waals surface area contributed by atoms with Gasteiger partial charge in [0, 0.05) is 28.2 Å². The van der Waals surface area contributed by atoms with Crippen LogP contribution in [0.2, 0.25) is 10.0 Å². The van der Waals surface area contributed by atoms with E-state index in [0.29, 0.717) is 22.5 Å². The molecule has 1 N–H and O–H groups in total.